The van der Waals surface area contributed by atoms with Gasteiger partial charge >= 0.3 is 0 Å². The quantitative estimate of drug-likeness (QED) is 0.819. The minimum Gasteiger partial charge on any atom is -0.383 e. The molecule has 0 bridgehead atoms. The van der Waals surface area contributed by atoms with Gasteiger partial charge in [0, 0.05) is 38.2 Å². The fourth-order valence-electron chi connectivity index (χ4n) is 3.42. The lowest BCUT2D eigenvalue weighted by molar-refractivity contribution is -0.136. The van der Waals surface area contributed by atoms with Crippen molar-refractivity contribution >= 4 is 5.91 Å². The third-order valence-electron chi connectivity index (χ3n) is 4.94. The average molecular weight is 327 g/mol. The number of piperidine rings is 1. The summed E-state index contributed by atoms with van der Waals surface area (Å²) in [6.45, 7) is 4.99. The van der Waals surface area contributed by atoms with E-state index in [0.717, 1.165) is 25.2 Å². The standard InChI is InChI=1S/C19H25N3O2/c1-19(16-6-4-3-5-7-16)9-8-18(23)22(14-19)13-17-12-20-15-21(17)10-11-24-2/h3-7,12,15H,8-11,13-14H2,1-2H3/t19-/m0/s1. The lowest BCUT2D eigenvalue weighted by Crippen LogP contribution is -2.47. The summed E-state index contributed by atoms with van der Waals surface area (Å²) in [6.07, 6.45) is 5.14. The molecule has 5 nitrogen and oxygen atoms in total. The van der Waals surface area contributed by atoms with Crippen LogP contribution >= 0.6 is 0 Å². The summed E-state index contributed by atoms with van der Waals surface area (Å²) in [5.74, 6) is 0.225. The Hall–Kier alpha value is -2.14. The number of hydrogen-bond donors (Lipinski definition) is 0. The van der Waals surface area contributed by atoms with E-state index in [4.69, 9.17) is 4.74 Å². The minimum absolute atomic E-state index is 0.00650. The van der Waals surface area contributed by atoms with Crippen molar-refractivity contribution in [1.82, 2.24) is 14.5 Å². The van der Waals surface area contributed by atoms with E-state index >= 15 is 0 Å². The lowest BCUT2D eigenvalue weighted by Gasteiger charge is -2.40. The lowest BCUT2D eigenvalue weighted by atomic mass is 9.75. The highest BCUT2D eigenvalue weighted by Gasteiger charge is 2.36. The van der Waals surface area contributed by atoms with Gasteiger partial charge in [0.1, 0.15) is 0 Å². The van der Waals surface area contributed by atoms with Gasteiger partial charge in [-0.25, -0.2) is 4.98 Å². The van der Waals surface area contributed by atoms with Gasteiger partial charge in [-0.05, 0) is 12.0 Å². The third-order valence-corrected chi connectivity index (χ3v) is 4.94. The molecule has 128 valence electrons. The number of likely N-dealkylation sites (tertiary alicyclic amines) is 1. The Balaban J connectivity index is 1.75. The highest BCUT2D eigenvalue weighted by Crippen LogP contribution is 2.34. The Labute approximate surface area is 143 Å². The molecule has 1 saturated heterocycles. The first-order valence-electron chi connectivity index (χ1n) is 8.44. The van der Waals surface area contributed by atoms with Crippen LogP contribution in [-0.2, 0) is 28.0 Å². The Morgan fingerprint density at radius 2 is 2.08 bits per heavy atom. The molecule has 0 unspecified atom stereocenters. The van der Waals surface area contributed by atoms with Crippen LogP contribution in [0, 0.1) is 0 Å². The molecule has 0 saturated carbocycles. The van der Waals surface area contributed by atoms with Gasteiger partial charge in [0.05, 0.1) is 25.2 Å². The highest BCUT2D eigenvalue weighted by atomic mass is 16.5. The van der Waals surface area contributed by atoms with E-state index in [-0.39, 0.29) is 11.3 Å². The number of ether oxygens (including phenoxy) is 1. The summed E-state index contributed by atoms with van der Waals surface area (Å²) in [4.78, 5) is 18.6. The fraction of sp³-hybridized carbons (Fsp3) is 0.474. The number of carbonyl (C=O) groups excluding carboxylic acids is 1. The molecule has 0 N–H and O–H groups in total. The maximum atomic E-state index is 12.4. The van der Waals surface area contributed by atoms with Crippen molar-refractivity contribution in [3.8, 4) is 0 Å². The zero-order chi connectivity index (χ0) is 17.0. The monoisotopic (exact) mass is 327 g/mol. The van der Waals surface area contributed by atoms with Crippen molar-refractivity contribution in [2.24, 2.45) is 0 Å². The van der Waals surface area contributed by atoms with Gasteiger partial charge < -0.3 is 14.2 Å². The number of methoxy groups -OCH3 is 1. The number of nitrogens with zero attached hydrogens (tertiary/aromatic N) is 3. The first-order chi connectivity index (χ1) is 11.6. The Bertz CT molecular complexity index is 683. The number of benzene rings is 1. The number of rotatable bonds is 6. The molecule has 1 aromatic carbocycles. The molecular weight excluding hydrogens is 302 g/mol. The van der Waals surface area contributed by atoms with E-state index < -0.39 is 0 Å². The highest BCUT2D eigenvalue weighted by molar-refractivity contribution is 5.77. The number of carbonyl (C=O) groups is 1. The van der Waals surface area contributed by atoms with Crippen molar-refractivity contribution in [3.63, 3.8) is 0 Å². The van der Waals surface area contributed by atoms with Crippen LogP contribution in [0.15, 0.2) is 42.9 Å². The van der Waals surface area contributed by atoms with Gasteiger partial charge in [0.15, 0.2) is 0 Å². The van der Waals surface area contributed by atoms with Crippen LogP contribution in [0.2, 0.25) is 0 Å². The molecule has 2 aromatic rings. The van der Waals surface area contributed by atoms with Crippen LogP contribution in [0.5, 0.6) is 0 Å². The second-order valence-corrected chi connectivity index (χ2v) is 6.75. The van der Waals surface area contributed by atoms with E-state index in [2.05, 4.69) is 40.7 Å². The molecule has 0 aliphatic carbocycles. The zero-order valence-corrected chi connectivity index (χ0v) is 14.4. The molecule has 1 atom stereocenters. The molecule has 3 rings (SSSR count). The molecule has 1 fully saturated rings. The smallest absolute Gasteiger partial charge is 0.222 e. The Morgan fingerprint density at radius 3 is 2.83 bits per heavy atom. The maximum Gasteiger partial charge on any atom is 0.222 e. The van der Waals surface area contributed by atoms with Crippen molar-refractivity contribution in [2.45, 2.75) is 38.3 Å². The third kappa shape index (κ3) is 3.51. The fourth-order valence-corrected chi connectivity index (χ4v) is 3.42. The summed E-state index contributed by atoms with van der Waals surface area (Å²) >= 11 is 0. The van der Waals surface area contributed by atoms with Crippen molar-refractivity contribution in [2.75, 3.05) is 20.3 Å². The van der Waals surface area contributed by atoms with E-state index in [1.54, 1.807) is 13.4 Å². The van der Waals surface area contributed by atoms with Crippen LogP contribution < -0.4 is 0 Å². The molecule has 1 aromatic heterocycles. The van der Waals surface area contributed by atoms with Crippen LogP contribution in [-0.4, -0.2) is 40.6 Å². The number of aromatic nitrogens is 2. The minimum atomic E-state index is 0.00650. The van der Waals surface area contributed by atoms with Gasteiger partial charge in [0.25, 0.3) is 0 Å². The second kappa shape index (κ2) is 7.18. The number of imidazole rings is 1. The van der Waals surface area contributed by atoms with Gasteiger partial charge in [-0.2, -0.15) is 0 Å². The summed E-state index contributed by atoms with van der Waals surface area (Å²) < 4.78 is 7.20. The van der Waals surface area contributed by atoms with E-state index in [0.29, 0.717) is 19.6 Å². The molecule has 2 heterocycles. The first kappa shape index (κ1) is 16.7. The number of amides is 1. The first-order valence-corrected chi connectivity index (χ1v) is 8.44. The van der Waals surface area contributed by atoms with Gasteiger partial charge in [0.2, 0.25) is 5.91 Å². The van der Waals surface area contributed by atoms with Crippen LogP contribution in [0.25, 0.3) is 0 Å². The summed E-state index contributed by atoms with van der Waals surface area (Å²) in [5, 5.41) is 0. The molecule has 1 aliphatic heterocycles. The normalized spacial score (nSPS) is 21.2. The molecule has 0 spiro atoms. The molecule has 5 heteroatoms. The van der Waals surface area contributed by atoms with Crippen molar-refractivity contribution in [3.05, 3.63) is 54.1 Å². The van der Waals surface area contributed by atoms with Crippen molar-refractivity contribution in [1.29, 1.82) is 0 Å². The maximum absolute atomic E-state index is 12.4. The SMILES string of the molecule is COCCn1cncc1CN1C[C@@](C)(c2ccccc2)CCC1=O. The molecule has 1 aliphatic rings. The topological polar surface area (TPSA) is 47.4 Å². The summed E-state index contributed by atoms with van der Waals surface area (Å²) in [5.41, 5.74) is 2.36. The predicted molar refractivity (Wildman–Crippen MR) is 92.5 cm³/mol. The predicted octanol–water partition coefficient (Wildman–Crippen LogP) is 2.61. The van der Waals surface area contributed by atoms with E-state index in [1.165, 1.54) is 5.56 Å². The van der Waals surface area contributed by atoms with Gasteiger partial charge in [-0.1, -0.05) is 37.3 Å². The van der Waals surface area contributed by atoms with Crippen LogP contribution in [0.1, 0.15) is 31.0 Å². The van der Waals surface area contributed by atoms with Crippen molar-refractivity contribution < 1.29 is 9.53 Å². The van der Waals surface area contributed by atoms with Crippen LogP contribution in [0.3, 0.4) is 0 Å². The van der Waals surface area contributed by atoms with Crippen LogP contribution in [0.4, 0.5) is 0 Å². The summed E-state index contributed by atoms with van der Waals surface area (Å²) in [7, 11) is 1.69. The number of hydrogen-bond acceptors (Lipinski definition) is 3. The zero-order valence-electron chi connectivity index (χ0n) is 14.4. The largest absolute Gasteiger partial charge is 0.383 e. The van der Waals surface area contributed by atoms with E-state index in [9.17, 15) is 4.79 Å². The molecule has 0 radical (unpaired) electrons. The van der Waals surface area contributed by atoms with Gasteiger partial charge in [-0.15, -0.1) is 0 Å². The molecule has 24 heavy (non-hydrogen) atoms. The van der Waals surface area contributed by atoms with Gasteiger partial charge in [-0.3, -0.25) is 4.79 Å². The van der Waals surface area contributed by atoms with E-state index in [1.807, 2.05) is 17.2 Å². The second-order valence-electron chi connectivity index (χ2n) is 6.75. The molecule has 1 amide bonds. The Kier molecular flexibility index (Phi) is 5.00. The summed E-state index contributed by atoms with van der Waals surface area (Å²) in [6, 6.07) is 10.5. The molecular formula is C19H25N3O2. The average Bonchev–Trinajstić information content (AvgIpc) is 3.04. The Morgan fingerprint density at radius 1 is 1.29 bits per heavy atom.